The number of aliphatic hydroxyl groups is 1. The van der Waals surface area contributed by atoms with E-state index in [1.54, 1.807) is 5.57 Å². The quantitative estimate of drug-likeness (QED) is 0.552. The molecule has 0 spiro atoms. The molecule has 0 unspecified atom stereocenters. The molecule has 0 atom stereocenters. The summed E-state index contributed by atoms with van der Waals surface area (Å²) >= 11 is 0. The first-order valence-electron chi connectivity index (χ1n) is 13.3. The molecule has 4 rings (SSSR count). The van der Waals surface area contributed by atoms with Gasteiger partial charge in [-0.2, -0.15) is 0 Å². The van der Waals surface area contributed by atoms with Gasteiger partial charge >= 0.3 is 0 Å². The van der Waals surface area contributed by atoms with Crippen molar-refractivity contribution in [2.75, 3.05) is 101 Å². The number of piperidine rings is 2. The van der Waals surface area contributed by atoms with Crippen molar-refractivity contribution in [2.45, 2.75) is 58.5 Å². The highest BCUT2D eigenvalue weighted by Crippen LogP contribution is 2.19. The Bertz CT molecular complexity index is 473. The lowest BCUT2D eigenvalue weighted by Crippen LogP contribution is -2.42. The van der Waals surface area contributed by atoms with Crippen molar-refractivity contribution < 1.29 is 5.11 Å². The van der Waals surface area contributed by atoms with Gasteiger partial charge < -0.3 is 29.6 Å². The van der Waals surface area contributed by atoms with Crippen LogP contribution in [0, 0.1) is 5.92 Å². The van der Waals surface area contributed by atoms with E-state index < -0.39 is 0 Å². The maximum Gasteiger partial charge on any atom is 0.0644 e. The van der Waals surface area contributed by atoms with Crippen molar-refractivity contribution in [3.8, 4) is 0 Å². The van der Waals surface area contributed by atoms with E-state index in [4.69, 9.17) is 0 Å². The van der Waals surface area contributed by atoms with Crippen molar-refractivity contribution in [2.24, 2.45) is 5.92 Å². The first kappa shape index (κ1) is 30.5. The Labute approximate surface area is 206 Å². The van der Waals surface area contributed by atoms with Crippen LogP contribution >= 0.6 is 0 Å². The van der Waals surface area contributed by atoms with Crippen LogP contribution in [0.25, 0.3) is 0 Å². The monoisotopic (exact) mass is 467 g/mol. The van der Waals surface area contributed by atoms with Crippen molar-refractivity contribution in [1.82, 2.24) is 24.5 Å². The number of likely N-dealkylation sites (N-methyl/N-ethyl adjacent to an activating group) is 3. The Morgan fingerprint density at radius 2 is 1.12 bits per heavy atom. The highest BCUT2D eigenvalue weighted by Gasteiger charge is 2.25. The van der Waals surface area contributed by atoms with Crippen molar-refractivity contribution in [3.63, 3.8) is 0 Å². The second-order valence-corrected chi connectivity index (χ2v) is 11.5. The molecule has 0 aromatic heterocycles. The Balaban J connectivity index is 0.000000220. The van der Waals surface area contributed by atoms with Gasteiger partial charge in [0.1, 0.15) is 0 Å². The molecule has 6 nitrogen and oxygen atoms in total. The van der Waals surface area contributed by atoms with E-state index in [0.29, 0.717) is 0 Å². The van der Waals surface area contributed by atoms with Crippen LogP contribution < -0.4 is 0 Å². The first-order chi connectivity index (χ1) is 15.5. The van der Waals surface area contributed by atoms with Gasteiger partial charge in [0.05, 0.1) is 5.60 Å². The molecule has 4 heterocycles. The average molecular weight is 468 g/mol. The largest absolute Gasteiger partial charge is 0.390 e. The van der Waals surface area contributed by atoms with E-state index in [-0.39, 0.29) is 5.60 Å². The summed E-state index contributed by atoms with van der Waals surface area (Å²) in [6.45, 7) is 18.5. The van der Waals surface area contributed by atoms with Gasteiger partial charge in [-0.1, -0.05) is 18.6 Å². The van der Waals surface area contributed by atoms with Crippen LogP contribution in [0.5, 0.6) is 0 Å². The molecule has 0 aromatic rings. The third kappa shape index (κ3) is 15.9. The summed E-state index contributed by atoms with van der Waals surface area (Å²) in [4.78, 5) is 11.7. The predicted molar refractivity (Wildman–Crippen MR) is 144 cm³/mol. The first-order valence-corrected chi connectivity index (χ1v) is 13.3. The molecule has 196 valence electrons. The maximum absolute atomic E-state index is 9.47. The van der Waals surface area contributed by atoms with Crippen LogP contribution in [0.2, 0.25) is 0 Å². The van der Waals surface area contributed by atoms with Gasteiger partial charge in [0.25, 0.3) is 0 Å². The molecule has 3 fully saturated rings. The van der Waals surface area contributed by atoms with Gasteiger partial charge in [0.2, 0.25) is 0 Å². The second kappa shape index (κ2) is 16.2. The molecule has 6 heteroatoms. The van der Waals surface area contributed by atoms with E-state index >= 15 is 0 Å². The van der Waals surface area contributed by atoms with Gasteiger partial charge in [-0.05, 0) is 100 Å². The van der Waals surface area contributed by atoms with Crippen LogP contribution in [-0.4, -0.2) is 136 Å². The minimum Gasteiger partial charge on any atom is -0.390 e. The molecule has 0 amide bonds. The summed E-state index contributed by atoms with van der Waals surface area (Å²) in [6.07, 6.45) is 8.19. The van der Waals surface area contributed by atoms with Gasteiger partial charge in [-0.15, -0.1) is 0 Å². The van der Waals surface area contributed by atoms with Gasteiger partial charge in [0, 0.05) is 52.4 Å². The third-order valence-electron chi connectivity index (χ3n) is 7.44. The van der Waals surface area contributed by atoms with Crippen LogP contribution in [0.3, 0.4) is 0 Å². The number of hydrogen-bond donors (Lipinski definition) is 1. The number of likely N-dealkylation sites (tertiary alicyclic amines) is 2. The topological polar surface area (TPSA) is 36.4 Å². The Morgan fingerprint density at radius 1 is 0.697 bits per heavy atom. The minimum absolute atomic E-state index is 0.382. The van der Waals surface area contributed by atoms with Crippen LogP contribution in [0.1, 0.15) is 52.9 Å². The van der Waals surface area contributed by atoms with Crippen molar-refractivity contribution in [3.05, 3.63) is 11.6 Å². The standard InChI is InChI=1S/C7H15NO.C7H15N.C7H13N.C6H14N2/c1-7(9)3-5-8(2)6-4-7;3*1-7-3-5-8(2)6-4-7/h9H,3-6H2,1-2H3;7H,3-6H2,1-2H3;3H,4-6H2,1-2H3;3-6H2,1-2H3. The Morgan fingerprint density at radius 3 is 1.45 bits per heavy atom. The van der Waals surface area contributed by atoms with Crippen molar-refractivity contribution >= 4 is 0 Å². The zero-order chi connectivity index (χ0) is 24.9. The molecule has 1 N–H and O–H groups in total. The highest BCUT2D eigenvalue weighted by atomic mass is 16.3. The molecule has 33 heavy (non-hydrogen) atoms. The number of rotatable bonds is 0. The van der Waals surface area contributed by atoms with E-state index in [1.165, 1.54) is 65.1 Å². The van der Waals surface area contributed by atoms with Crippen LogP contribution in [-0.2, 0) is 0 Å². The van der Waals surface area contributed by atoms with Crippen LogP contribution in [0.4, 0.5) is 0 Å². The van der Waals surface area contributed by atoms with Crippen molar-refractivity contribution in [1.29, 1.82) is 0 Å². The predicted octanol–water partition coefficient (Wildman–Crippen LogP) is 2.94. The molecule has 4 aliphatic rings. The van der Waals surface area contributed by atoms with E-state index in [1.807, 2.05) is 6.92 Å². The molecule has 0 saturated carbocycles. The molecular formula is C27H57N5O. The summed E-state index contributed by atoms with van der Waals surface area (Å²) in [5, 5.41) is 9.47. The lowest BCUT2D eigenvalue weighted by atomic mass is 9.94. The molecule has 0 bridgehead atoms. The smallest absolute Gasteiger partial charge is 0.0644 e. The van der Waals surface area contributed by atoms with Gasteiger partial charge in [-0.25, -0.2) is 0 Å². The number of hydrogen-bond acceptors (Lipinski definition) is 6. The summed E-state index contributed by atoms with van der Waals surface area (Å²) < 4.78 is 0. The molecule has 4 aliphatic heterocycles. The fourth-order valence-corrected chi connectivity index (χ4v) is 4.02. The second-order valence-electron chi connectivity index (χ2n) is 11.5. The Kier molecular flexibility index (Phi) is 15.0. The molecule has 3 saturated heterocycles. The lowest BCUT2D eigenvalue weighted by molar-refractivity contribution is 0.000998. The summed E-state index contributed by atoms with van der Waals surface area (Å²) in [5.74, 6) is 0.978. The number of piperazine rings is 1. The lowest BCUT2D eigenvalue weighted by Gasteiger charge is -2.33. The number of nitrogens with zero attached hydrogens (tertiary/aromatic N) is 5. The summed E-state index contributed by atoms with van der Waals surface area (Å²) in [7, 11) is 10.8. The van der Waals surface area contributed by atoms with Gasteiger partial charge in [-0.3, -0.25) is 0 Å². The summed E-state index contributed by atoms with van der Waals surface area (Å²) in [5.41, 5.74) is 1.16. The normalized spacial score (nSPS) is 26.0. The fraction of sp³-hybridized carbons (Fsp3) is 0.926. The zero-order valence-electron chi connectivity index (χ0n) is 23.4. The van der Waals surface area contributed by atoms with E-state index in [0.717, 1.165) is 38.4 Å². The average Bonchev–Trinajstić information content (AvgIpc) is 2.78. The molecule has 0 aromatic carbocycles. The third-order valence-corrected chi connectivity index (χ3v) is 7.44. The minimum atomic E-state index is -0.382. The van der Waals surface area contributed by atoms with E-state index in [9.17, 15) is 5.11 Å². The van der Waals surface area contributed by atoms with Gasteiger partial charge in [0.15, 0.2) is 0 Å². The fourth-order valence-electron chi connectivity index (χ4n) is 4.02. The SMILES string of the molecule is CC1=CCN(C)CC1.CC1CCN(C)CC1.CN1CCC(C)(O)CC1.CN1CCN(C)CC1. The zero-order valence-corrected chi connectivity index (χ0v) is 23.4. The highest BCUT2D eigenvalue weighted by molar-refractivity contribution is 5.02. The Hall–Kier alpha value is -0.500. The summed E-state index contributed by atoms with van der Waals surface area (Å²) in [6, 6.07) is 0. The maximum atomic E-state index is 9.47. The molecule has 0 radical (unpaired) electrons. The molecular weight excluding hydrogens is 410 g/mol. The van der Waals surface area contributed by atoms with E-state index in [2.05, 4.69) is 79.7 Å². The van der Waals surface area contributed by atoms with Crippen LogP contribution in [0.15, 0.2) is 11.6 Å². The molecule has 0 aliphatic carbocycles.